The molecule has 0 aromatic heterocycles. The first-order valence-electron chi connectivity index (χ1n) is 8.76. The van der Waals surface area contributed by atoms with Crippen LogP contribution in [0.5, 0.6) is 5.75 Å². The average Bonchev–Trinajstić information content (AvgIpc) is 2.62. The van der Waals surface area contributed by atoms with Crippen LogP contribution in [0.15, 0.2) is 42.5 Å². The fourth-order valence-corrected chi connectivity index (χ4v) is 4.64. The fourth-order valence-electron chi connectivity index (χ4n) is 4.52. The Morgan fingerprint density at radius 2 is 2.08 bits per heavy atom. The third-order valence-corrected chi connectivity index (χ3v) is 5.90. The van der Waals surface area contributed by atoms with Crippen LogP contribution >= 0.6 is 11.6 Å². The van der Waals surface area contributed by atoms with Crippen LogP contribution in [0.25, 0.3) is 0 Å². The largest absolute Gasteiger partial charge is 0.427 e. The lowest BCUT2D eigenvalue weighted by molar-refractivity contribution is -0.131. The summed E-state index contributed by atoms with van der Waals surface area (Å²) in [5, 5.41) is 10.2. The molecule has 2 aliphatic rings. The van der Waals surface area contributed by atoms with Gasteiger partial charge in [0, 0.05) is 29.9 Å². The highest BCUT2D eigenvalue weighted by molar-refractivity contribution is 6.30. The number of fused-ring (bicyclic) bond motifs is 4. The molecule has 2 aromatic carbocycles. The van der Waals surface area contributed by atoms with E-state index in [4.69, 9.17) is 16.3 Å². The molecule has 1 saturated heterocycles. The summed E-state index contributed by atoms with van der Waals surface area (Å²) in [5.41, 5.74) is 3.43. The molecular formula is C21H19ClN2O2. The highest BCUT2D eigenvalue weighted by Crippen LogP contribution is 2.50. The zero-order valence-electron chi connectivity index (χ0n) is 14.5. The van der Waals surface area contributed by atoms with Crippen molar-refractivity contribution in [2.24, 2.45) is 0 Å². The number of carbonyl (C=O) groups is 1. The Hall–Kier alpha value is -2.51. The van der Waals surface area contributed by atoms with Crippen molar-refractivity contribution < 1.29 is 9.53 Å². The lowest BCUT2D eigenvalue weighted by atomic mass is 9.60. The molecule has 4 rings (SSSR count). The monoisotopic (exact) mass is 366 g/mol. The molecule has 0 amide bonds. The molecule has 5 heteroatoms. The van der Waals surface area contributed by atoms with E-state index < -0.39 is 0 Å². The zero-order chi connectivity index (χ0) is 18.3. The molecule has 0 radical (unpaired) electrons. The maximum absolute atomic E-state index is 11.4. The van der Waals surface area contributed by atoms with Crippen molar-refractivity contribution in [3.63, 3.8) is 0 Å². The predicted molar refractivity (Wildman–Crippen MR) is 99.0 cm³/mol. The summed E-state index contributed by atoms with van der Waals surface area (Å²) in [6, 6.07) is 14.1. The van der Waals surface area contributed by atoms with Crippen LogP contribution < -0.4 is 4.74 Å². The van der Waals surface area contributed by atoms with Crippen molar-refractivity contribution in [3.05, 3.63) is 64.2 Å². The van der Waals surface area contributed by atoms with Crippen molar-refractivity contribution in [3.8, 4) is 11.9 Å². The quantitative estimate of drug-likeness (QED) is 0.457. The third kappa shape index (κ3) is 2.73. The van der Waals surface area contributed by atoms with Crippen LogP contribution in [0.2, 0.25) is 5.02 Å². The summed E-state index contributed by atoms with van der Waals surface area (Å²) in [6.45, 7) is 2.14. The van der Waals surface area contributed by atoms with Gasteiger partial charge in [-0.2, -0.15) is 5.26 Å². The third-order valence-electron chi connectivity index (χ3n) is 5.64. The lowest BCUT2D eigenvalue weighted by Crippen LogP contribution is -2.51. The van der Waals surface area contributed by atoms with Crippen LogP contribution in [0, 0.1) is 11.5 Å². The van der Waals surface area contributed by atoms with Gasteiger partial charge in [0.05, 0.1) is 0 Å². The number of hydrogen-bond donors (Lipinski definition) is 0. The molecule has 2 aromatic rings. The zero-order valence-corrected chi connectivity index (χ0v) is 15.3. The van der Waals surface area contributed by atoms with Gasteiger partial charge >= 0.3 is 5.97 Å². The van der Waals surface area contributed by atoms with Crippen molar-refractivity contribution >= 4 is 17.6 Å². The number of ether oxygens (including phenoxy) is 1. The summed E-state index contributed by atoms with van der Waals surface area (Å²) < 4.78 is 5.34. The van der Waals surface area contributed by atoms with Gasteiger partial charge in [-0.3, -0.25) is 4.79 Å². The highest BCUT2D eigenvalue weighted by atomic mass is 35.5. The van der Waals surface area contributed by atoms with Crippen molar-refractivity contribution in [1.29, 1.82) is 5.26 Å². The summed E-state index contributed by atoms with van der Waals surface area (Å²) in [5.74, 6) is 0.254. The standard InChI is InChI=1S/C21H19ClN2O2/c1-14(25)26-19-7-2-15-10-18-12-21(20(15)11-19,8-9-24(18)13-23)16-3-5-17(22)6-4-16/h2-7,11,18H,8-10,12H2,1H3. The number of rotatable bonds is 2. The molecular weight excluding hydrogens is 348 g/mol. The topological polar surface area (TPSA) is 53.3 Å². The molecule has 0 N–H and O–H groups in total. The number of esters is 1. The van der Waals surface area contributed by atoms with E-state index in [1.807, 2.05) is 35.2 Å². The summed E-state index contributed by atoms with van der Waals surface area (Å²) in [4.78, 5) is 13.3. The Balaban J connectivity index is 1.87. The van der Waals surface area contributed by atoms with Gasteiger partial charge in [0.2, 0.25) is 0 Å². The number of hydrogen-bond acceptors (Lipinski definition) is 4. The van der Waals surface area contributed by atoms with Crippen molar-refractivity contribution in [1.82, 2.24) is 4.90 Å². The second kappa shape index (κ2) is 6.34. The molecule has 1 fully saturated rings. The van der Waals surface area contributed by atoms with E-state index in [1.165, 1.54) is 23.6 Å². The molecule has 26 heavy (non-hydrogen) atoms. The van der Waals surface area contributed by atoms with E-state index in [-0.39, 0.29) is 17.4 Å². The van der Waals surface area contributed by atoms with Crippen LogP contribution in [0.3, 0.4) is 0 Å². The number of halogens is 1. The number of nitrogens with zero attached hydrogens (tertiary/aromatic N) is 2. The lowest BCUT2D eigenvalue weighted by Gasteiger charge is -2.50. The molecule has 132 valence electrons. The number of carbonyl (C=O) groups excluding carboxylic acids is 1. The van der Waals surface area contributed by atoms with Crippen LogP contribution in [0.4, 0.5) is 0 Å². The molecule has 2 unspecified atom stereocenters. The van der Waals surface area contributed by atoms with Crippen molar-refractivity contribution in [2.75, 3.05) is 6.54 Å². The van der Waals surface area contributed by atoms with E-state index in [9.17, 15) is 10.1 Å². The average molecular weight is 367 g/mol. The maximum Gasteiger partial charge on any atom is 0.308 e. The fraction of sp³-hybridized carbons (Fsp3) is 0.333. The summed E-state index contributed by atoms with van der Waals surface area (Å²) >= 11 is 6.10. The number of piperidine rings is 1. The van der Waals surface area contributed by atoms with E-state index in [2.05, 4.69) is 18.3 Å². The molecule has 2 atom stereocenters. The van der Waals surface area contributed by atoms with Gasteiger partial charge < -0.3 is 9.64 Å². The first-order chi connectivity index (χ1) is 12.5. The minimum Gasteiger partial charge on any atom is -0.427 e. The van der Waals surface area contributed by atoms with Gasteiger partial charge in [-0.15, -0.1) is 0 Å². The molecule has 1 aliphatic carbocycles. The Kier molecular flexibility index (Phi) is 4.13. The Morgan fingerprint density at radius 1 is 1.31 bits per heavy atom. The number of benzene rings is 2. The minimum absolute atomic E-state index is 0.188. The normalized spacial score (nSPS) is 23.7. The van der Waals surface area contributed by atoms with Crippen molar-refractivity contribution in [2.45, 2.75) is 37.6 Å². The van der Waals surface area contributed by atoms with Crippen LogP contribution in [-0.2, 0) is 16.6 Å². The first-order valence-corrected chi connectivity index (χ1v) is 9.14. The van der Waals surface area contributed by atoms with Gasteiger partial charge in [0.25, 0.3) is 0 Å². The minimum atomic E-state index is -0.321. The summed E-state index contributed by atoms with van der Waals surface area (Å²) in [7, 11) is 0. The van der Waals surface area contributed by atoms with Gasteiger partial charge in [0.15, 0.2) is 6.19 Å². The van der Waals surface area contributed by atoms with Crippen LogP contribution in [-0.4, -0.2) is 23.5 Å². The first kappa shape index (κ1) is 16.9. The molecule has 0 spiro atoms. The molecule has 1 heterocycles. The van der Waals surface area contributed by atoms with Gasteiger partial charge in [-0.25, -0.2) is 0 Å². The molecule has 1 aliphatic heterocycles. The SMILES string of the molecule is CC(=O)Oc1ccc2c(c1)C1(c3ccc(Cl)cc3)CCN(C#N)C(C2)C1. The second-order valence-electron chi connectivity index (χ2n) is 7.11. The predicted octanol–water partition coefficient (Wildman–Crippen LogP) is 4.05. The van der Waals surface area contributed by atoms with E-state index >= 15 is 0 Å². The Labute approximate surface area is 157 Å². The number of likely N-dealkylation sites (tertiary alicyclic amines) is 1. The molecule has 0 saturated carbocycles. The van der Waals surface area contributed by atoms with Gasteiger partial charge in [-0.1, -0.05) is 29.8 Å². The highest BCUT2D eigenvalue weighted by Gasteiger charge is 2.47. The van der Waals surface area contributed by atoms with E-state index in [0.29, 0.717) is 10.8 Å². The van der Waals surface area contributed by atoms with E-state index in [0.717, 1.165) is 25.8 Å². The molecule has 4 nitrogen and oxygen atoms in total. The Bertz CT molecular complexity index is 903. The Morgan fingerprint density at radius 3 is 2.77 bits per heavy atom. The number of nitriles is 1. The molecule has 2 bridgehead atoms. The van der Waals surface area contributed by atoms with Gasteiger partial charge in [-0.05, 0) is 60.2 Å². The van der Waals surface area contributed by atoms with Gasteiger partial charge in [0.1, 0.15) is 5.75 Å². The van der Waals surface area contributed by atoms with E-state index in [1.54, 1.807) is 0 Å². The maximum atomic E-state index is 11.4. The summed E-state index contributed by atoms with van der Waals surface area (Å²) in [6.07, 6.45) is 4.90. The second-order valence-corrected chi connectivity index (χ2v) is 7.54. The van der Waals surface area contributed by atoms with Crippen LogP contribution in [0.1, 0.15) is 36.5 Å². The smallest absolute Gasteiger partial charge is 0.308 e.